The van der Waals surface area contributed by atoms with Gasteiger partial charge >= 0.3 is 11.8 Å². The molecule has 118 valence electrons. The van der Waals surface area contributed by atoms with Gasteiger partial charge in [0.15, 0.2) is 6.17 Å². The molecule has 0 aliphatic carbocycles. The number of nitrogens with two attached hydrogens (primary N) is 1. The molecule has 0 aromatic heterocycles. The Morgan fingerprint density at radius 1 is 1.55 bits per heavy atom. The van der Waals surface area contributed by atoms with Crippen molar-refractivity contribution in [1.82, 2.24) is 0 Å². The summed E-state index contributed by atoms with van der Waals surface area (Å²) in [5.74, 6) is -5.43. The van der Waals surface area contributed by atoms with Crippen molar-refractivity contribution in [1.29, 1.82) is 0 Å². The predicted molar refractivity (Wildman–Crippen MR) is 58.7 cm³/mol. The van der Waals surface area contributed by atoms with Gasteiger partial charge in [-0.1, -0.05) is 0 Å². The van der Waals surface area contributed by atoms with Crippen molar-refractivity contribution in [3.05, 3.63) is 0 Å². The summed E-state index contributed by atoms with van der Waals surface area (Å²) in [6.45, 7) is -0.916. The monoisotopic (exact) mass is 301 g/mol. The maximum absolute atomic E-state index is 14.2. The Kier molecular flexibility index (Phi) is 5.35. The van der Waals surface area contributed by atoms with Crippen molar-refractivity contribution in [3.8, 4) is 0 Å². The number of esters is 1. The maximum atomic E-state index is 14.2. The van der Waals surface area contributed by atoms with Gasteiger partial charge in [-0.25, -0.2) is 9.18 Å². The number of aliphatic hydroxyl groups is 4. The van der Waals surface area contributed by atoms with Gasteiger partial charge in [-0.15, -0.1) is 0 Å². The molecule has 10 heteroatoms. The van der Waals surface area contributed by atoms with Crippen LogP contribution < -0.4 is 5.73 Å². The molecule has 0 aromatic carbocycles. The van der Waals surface area contributed by atoms with Gasteiger partial charge in [0.05, 0.1) is 19.8 Å². The number of halogens is 2. The van der Waals surface area contributed by atoms with E-state index in [1.807, 2.05) is 0 Å². The summed E-state index contributed by atoms with van der Waals surface area (Å²) in [4.78, 5) is 11.3. The van der Waals surface area contributed by atoms with Gasteiger partial charge in [0.2, 0.25) is 0 Å². The molecule has 7 atom stereocenters. The average Bonchev–Trinajstić information content (AvgIpc) is 2.46. The largest absolute Gasteiger partial charge is 0.465 e. The van der Waals surface area contributed by atoms with Gasteiger partial charge in [-0.2, -0.15) is 4.39 Å². The van der Waals surface area contributed by atoms with Gasteiger partial charge in [0, 0.05) is 0 Å². The van der Waals surface area contributed by atoms with Crippen LogP contribution in [-0.2, 0) is 14.3 Å². The van der Waals surface area contributed by atoms with E-state index in [1.165, 1.54) is 0 Å². The molecule has 0 spiro atoms. The summed E-state index contributed by atoms with van der Waals surface area (Å²) in [6.07, 6.45) is -10.6. The molecule has 1 saturated heterocycles. The molecule has 0 aromatic rings. The molecule has 0 radical (unpaired) electrons. The number of hydrogen-bond donors (Lipinski definition) is 5. The van der Waals surface area contributed by atoms with Crippen molar-refractivity contribution < 1.29 is 43.5 Å². The number of carbonyl (C=O) groups is 1. The quantitative estimate of drug-likeness (QED) is 0.345. The number of hydrogen-bond acceptors (Lipinski definition) is 8. The van der Waals surface area contributed by atoms with E-state index in [0.717, 1.165) is 7.11 Å². The molecule has 5 unspecified atom stereocenters. The highest BCUT2D eigenvalue weighted by Crippen LogP contribution is 2.35. The number of methoxy groups -OCH3 is 1. The van der Waals surface area contributed by atoms with Crippen molar-refractivity contribution >= 4 is 5.97 Å². The van der Waals surface area contributed by atoms with Crippen LogP contribution in [0.25, 0.3) is 0 Å². The Hall–Kier alpha value is -0.910. The number of aliphatic hydroxyl groups excluding tert-OH is 4. The van der Waals surface area contributed by atoms with Crippen LogP contribution in [0.2, 0.25) is 0 Å². The van der Waals surface area contributed by atoms with Crippen LogP contribution >= 0.6 is 0 Å². The Labute approximate surface area is 112 Å². The van der Waals surface area contributed by atoms with Crippen LogP contribution in [0, 0.1) is 0 Å². The van der Waals surface area contributed by atoms with Crippen molar-refractivity contribution in [3.63, 3.8) is 0 Å². The first-order valence-electron chi connectivity index (χ1n) is 5.70. The summed E-state index contributed by atoms with van der Waals surface area (Å²) >= 11 is 0. The van der Waals surface area contributed by atoms with Crippen molar-refractivity contribution in [2.45, 2.75) is 42.5 Å². The first kappa shape index (κ1) is 17.1. The second-order valence-electron chi connectivity index (χ2n) is 4.43. The van der Waals surface area contributed by atoms with Gasteiger partial charge in [-0.05, 0) is 0 Å². The van der Waals surface area contributed by atoms with Gasteiger partial charge < -0.3 is 35.6 Å². The summed E-state index contributed by atoms with van der Waals surface area (Å²) in [5, 5.41) is 37.1. The highest BCUT2D eigenvalue weighted by molar-refractivity contribution is 5.78. The van der Waals surface area contributed by atoms with E-state index in [1.54, 1.807) is 0 Å². The highest BCUT2D eigenvalue weighted by atomic mass is 19.2. The molecule has 0 saturated carbocycles. The lowest BCUT2D eigenvalue weighted by Crippen LogP contribution is -2.70. The summed E-state index contributed by atoms with van der Waals surface area (Å²) < 4.78 is 36.4. The fraction of sp³-hybridized carbons (Fsp3) is 0.900. The topological polar surface area (TPSA) is 142 Å². The third kappa shape index (κ3) is 2.75. The Bertz CT molecular complexity index is 356. The Balaban J connectivity index is 3.06. The predicted octanol–water partition coefficient (Wildman–Crippen LogP) is -3.04. The fourth-order valence-electron chi connectivity index (χ4n) is 1.87. The summed E-state index contributed by atoms with van der Waals surface area (Å²) in [7, 11) is 0.772. The van der Waals surface area contributed by atoms with Gasteiger partial charge in [-0.3, -0.25) is 0 Å². The molecule has 0 amide bonds. The van der Waals surface area contributed by atoms with E-state index in [2.05, 4.69) is 9.47 Å². The van der Waals surface area contributed by atoms with Crippen molar-refractivity contribution in [2.24, 2.45) is 5.73 Å². The molecule has 1 aliphatic heterocycles. The fourth-order valence-corrected chi connectivity index (χ4v) is 1.87. The average molecular weight is 301 g/mol. The molecule has 6 N–H and O–H groups in total. The molecule has 0 bridgehead atoms. The summed E-state index contributed by atoms with van der Waals surface area (Å²) in [5.41, 5.74) is 5.38. The number of rotatable bonds is 4. The zero-order valence-corrected chi connectivity index (χ0v) is 10.5. The number of ether oxygens (including phenoxy) is 2. The van der Waals surface area contributed by atoms with Crippen LogP contribution in [0.15, 0.2) is 0 Å². The zero-order chi connectivity index (χ0) is 15.7. The Morgan fingerprint density at radius 2 is 2.10 bits per heavy atom. The SMILES string of the molecule is COC(=O)C1(F)OC([C@H](O)[C@H](O)CO)C(N)C(O)C1F. The van der Waals surface area contributed by atoms with Crippen LogP contribution in [0.4, 0.5) is 8.78 Å². The summed E-state index contributed by atoms with van der Waals surface area (Å²) in [6, 6.07) is -1.63. The van der Waals surface area contributed by atoms with Crippen LogP contribution in [0.3, 0.4) is 0 Å². The molecule has 1 aliphatic rings. The first-order valence-corrected chi connectivity index (χ1v) is 5.70. The third-order valence-corrected chi connectivity index (χ3v) is 3.12. The lowest BCUT2D eigenvalue weighted by atomic mass is 9.88. The van der Waals surface area contributed by atoms with E-state index in [-0.39, 0.29) is 0 Å². The number of alkyl halides is 2. The minimum Gasteiger partial charge on any atom is -0.465 e. The van der Waals surface area contributed by atoms with Crippen LogP contribution in [0.1, 0.15) is 0 Å². The molecule has 1 rings (SSSR count). The highest BCUT2D eigenvalue weighted by Gasteiger charge is 2.62. The molecule has 1 fully saturated rings. The van der Waals surface area contributed by atoms with Crippen LogP contribution in [-0.4, -0.2) is 82.6 Å². The second-order valence-corrected chi connectivity index (χ2v) is 4.43. The lowest BCUT2D eigenvalue weighted by molar-refractivity contribution is -0.291. The maximum Gasteiger partial charge on any atom is 0.375 e. The number of carbonyl (C=O) groups excluding carboxylic acids is 1. The molecule has 20 heavy (non-hydrogen) atoms. The minimum atomic E-state index is -3.68. The van der Waals surface area contributed by atoms with Crippen molar-refractivity contribution in [2.75, 3.05) is 13.7 Å². The van der Waals surface area contributed by atoms with E-state index in [9.17, 15) is 28.9 Å². The van der Waals surface area contributed by atoms with E-state index < -0.39 is 55.1 Å². The smallest absolute Gasteiger partial charge is 0.375 e. The minimum absolute atomic E-state index is 0.772. The Morgan fingerprint density at radius 3 is 2.55 bits per heavy atom. The zero-order valence-electron chi connectivity index (χ0n) is 10.5. The van der Waals surface area contributed by atoms with E-state index >= 15 is 0 Å². The molecular formula is C10H17F2NO7. The standard InChI is InChI=1S/C10H17F2NO7/c1-19-9(18)10(12)8(11)6(17)4(13)7(20-10)5(16)3(15)2-14/h3-8,14-17H,2,13H2,1H3/t3-,4?,5-,6?,7?,8?,10?/m1/s1. The first-order chi connectivity index (χ1) is 9.20. The normalized spacial score (nSPS) is 41.0. The molecular weight excluding hydrogens is 284 g/mol. The van der Waals surface area contributed by atoms with Gasteiger partial charge in [0.25, 0.3) is 0 Å². The second kappa shape index (κ2) is 6.24. The van der Waals surface area contributed by atoms with E-state index in [0.29, 0.717) is 0 Å². The third-order valence-electron chi connectivity index (χ3n) is 3.12. The van der Waals surface area contributed by atoms with Gasteiger partial charge in [0.1, 0.15) is 24.4 Å². The lowest BCUT2D eigenvalue weighted by Gasteiger charge is -2.44. The molecule has 1 heterocycles. The van der Waals surface area contributed by atoms with E-state index in [4.69, 9.17) is 10.8 Å². The van der Waals surface area contributed by atoms with Crippen LogP contribution in [0.5, 0.6) is 0 Å². The molecule has 8 nitrogen and oxygen atoms in total.